The lowest BCUT2D eigenvalue weighted by atomic mass is 9.99. The van der Waals surface area contributed by atoms with Crippen molar-refractivity contribution in [2.24, 2.45) is 5.73 Å². The van der Waals surface area contributed by atoms with E-state index >= 15 is 0 Å². The van der Waals surface area contributed by atoms with Gasteiger partial charge in [0.05, 0.1) is 10.6 Å². The van der Waals surface area contributed by atoms with E-state index in [1.807, 2.05) is 0 Å². The second kappa shape index (κ2) is 4.88. The van der Waals surface area contributed by atoms with Crippen LogP contribution in [0, 0.1) is 6.92 Å². The Labute approximate surface area is 111 Å². The SMILES string of the molecule is Cc1nc(-c2cccs2)sc1CCC(C)(C)N. The van der Waals surface area contributed by atoms with Crippen LogP contribution in [0.1, 0.15) is 30.8 Å². The van der Waals surface area contributed by atoms with E-state index in [1.54, 1.807) is 22.7 Å². The molecule has 0 radical (unpaired) electrons. The number of aromatic nitrogens is 1. The van der Waals surface area contributed by atoms with Crippen molar-refractivity contribution >= 4 is 22.7 Å². The van der Waals surface area contributed by atoms with Crippen LogP contribution in [-0.4, -0.2) is 10.5 Å². The minimum Gasteiger partial charge on any atom is -0.326 e. The van der Waals surface area contributed by atoms with Crippen molar-refractivity contribution in [2.75, 3.05) is 0 Å². The summed E-state index contributed by atoms with van der Waals surface area (Å²) in [6, 6.07) is 4.19. The first kappa shape index (κ1) is 12.7. The summed E-state index contributed by atoms with van der Waals surface area (Å²) in [6.45, 7) is 6.24. The van der Waals surface area contributed by atoms with E-state index in [-0.39, 0.29) is 5.54 Å². The zero-order valence-corrected chi connectivity index (χ0v) is 12.1. The molecule has 0 atom stereocenters. The Kier molecular flexibility index (Phi) is 3.66. The van der Waals surface area contributed by atoms with Gasteiger partial charge in [-0.3, -0.25) is 0 Å². The molecule has 2 N–H and O–H groups in total. The minimum atomic E-state index is -0.0977. The highest BCUT2D eigenvalue weighted by atomic mass is 32.1. The van der Waals surface area contributed by atoms with Gasteiger partial charge in [-0.05, 0) is 45.1 Å². The molecule has 0 bridgehead atoms. The van der Waals surface area contributed by atoms with Gasteiger partial charge in [0, 0.05) is 10.4 Å². The van der Waals surface area contributed by atoms with Crippen molar-refractivity contribution in [1.29, 1.82) is 0 Å². The summed E-state index contributed by atoms with van der Waals surface area (Å²) >= 11 is 3.55. The van der Waals surface area contributed by atoms with Crippen LogP contribution in [0.3, 0.4) is 0 Å². The summed E-state index contributed by atoms with van der Waals surface area (Å²) in [5, 5.41) is 3.23. The van der Waals surface area contributed by atoms with Crippen LogP contribution < -0.4 is 5.73 Å². The van der Waals surface area contributed by atoms with Crippen LogP contribution >= 0.6 is 22.7 Å². The minimum absolute atomic E-state index is 0.0977. The van der Waals surface area contributed by atoms with Gasteiger partial charge in [-0.2, -0.15) is 0 Å². The molecule has 2 aromatic rings. The molecule has 0 aliphatic rings. The topological polar surface area (TPSA) is 38.9 Å². The third-order valence-electron chi connectivity index (χ3n) is 2.62. The van der Waals surface area contributed by atoms with Crippen molar-refractivity contribution in [3.63, 3.8) is 0 Å². The van der Waals surface area contributed by atoms with Crippen LogP contribution in [-0.2, 0) is 6.42 Å². The van der Waals surface area contributed by atoms with Crippen molar-refractivity contribution in [1.82, 2.24) is 4.98 Å². The Balaban J connectivity index is 2.14. The van der Waals surface area contributed by atoms with E-state index < -0.39 is 0 Å². The molecule has 0 saturated carbocycles. The predicted molar refractivity (Wildman–Crippen MR) is 76.8 cm³/mol. The van der Waals surface area contributed by atoms with Crippen LogP contribution in [0.15, 0.2) is 17.5 Å². The fourth-order valence-electron chi connectivity index (χ4n) is 1.60. The smallest absolute Gasteiger partial charge is 0.133 e. The van der Waals surface area contributed by atoms with E-state index in [9.17, 15) is 0 Å². The van der Waals surface area contributed by atoms with Gasteiger partial charge in [0.25, 0.3) is 0 Å². The molecule has 17 heavy (non-hydrogen) atoms. The highest BCUT2D eigenvalue weighted by molar-refractivity contribution is 7.21. The third-order valence-corrected chi connectivity index (χ3v) is 4.88. The first-order valence-corrected chi connectivity index (χ1v) is 7.44. The van der Waals surface area contributed by atoms with E-state index in [2.05, 4.69) is 43.3 Å². The van der Waals surface area contributed by atoms with Crippen LogP contribution in [0.25, 0.3) is 9.88 Å². The molecule has 0 unspecified atom stereocenters. The number of thiazole rings is 1. The number of thiophene rings is 1. The molecule has 0 aliphatic heterocycles. The Bertz CT molecular complexity index is 478. The van der Waals surface area contributed by atoms with Gasteiger partial charge in [0.2, 0.25) is 0 Å². The number of aryl methyl sites for hydroxylation is 2. The van der Waals surface area contributed by atoms with Crippen LogP contribution in [0.2, 0.25) is 0 Å². The summed E-state index contributed by atoms with van der Waals surface area (Å²) in [6.07, 6.45) is 2.03. The predicted octanol–water partition coefficient (Wildman–Crippen LogP) is 3.85. The third kappa shape index (κ3) is 3.37. The largest absolute Gasteiger partial charge is 0.326 e. The molecule has 2 nitrogen and oxygen atoms in total. The monoisotopic (exact) mass is 266 g/mol. The molecule has 92 valence electrons. The summed E-state index contributed by atoms with van der Waals surface area (Å²) in [5.41, 5.74) is 7.08. The van der Waals surface area contributed by atoms with Gasteiger partial charge >= 0.3 is 0 Å². The maximum absolute atomic E-state index is 6.02. The Hall–Kier alpha value is -0.710. The maximum atomic E-state index is 6.02. The molecular weight excluding hydrogens is 248 g/mol. The van der Waals surface area contributed by atoms with Gasteiger partial charge in [0.1, 0.15) is 5.01 Å². The lowest BCUT2D eigenvalue weighted by Gasteiger charge is -2.17. The van der Waals surface area contributed by atoms with E-state index in [1.165, 1.54) is 9.75 Å². The molecule has 2 rings (SSSR count). The number of hydrogen-bond acceptors (Lipinski definition) is 4. The second-order valence-corrected chi connectivity index (χ2v) is 7.02. The number of rotatable bonds is 4. The molecule has 2 aromatic heterocycles. The van der Waals surface area contributed by atoms with Gasteiger partial charge in [0.15, 0.2) is 0 Å². The zero-order chi connectivity index (χ0) is 12.5. The molecule has 0 fully saturated rings. The normalized spacial score (nSPS) is 12.0. The molecule has 0 spiro atoms. The summed E-state index contributed by atoms with van der Waals surface area (Å²) in [7, 11) is 0. The standard InChI is InChI=1S/C13H18N2S2/c1-9-10(6-7-13(2,3)14)17-12(15-9)11-5-4-8-16-11/h4-5,8H,6-7,14H2,1-3H3. The fourth-order valence-corrected chi connectivity index (χ4v) is 3.46. The van der Waals surface area contributed by atoms with Crippen molar-refractivity contribution in [3.8, 4) is 9.88 Å². The first-order chi connectivity index (χ1) is 7.96. The highest BCUT2D eigenvalue weighted by Crippen LogP contribution is 2.32. The van der Waals surface area contributed by atoms with Gasteiger partial charge in [-0.25, -0.2) is 4.98 Å². The van der Waals surface area contributed by atoms with Crippen molar-refractivity contribution in [3.05, 3.63) is 28.1 Å². The number of hydrogen-bond donors (Lipinski definition) is 1. The molecular formula is C13H18N2S2. The molecule has 0 aliphatic carbocycles. The number of nitrogens with two attached hydrogens (primary N) is 1. The summed E-state index contributed by atoms with van der Waals surface area (Å²) in [5.74, 6) is 0. The number of nitrogens with zero attached hydrogens (tertiary/aromatic N) is 1. The van der Waals surface area contributed by atoms with Gasteiger partial charge in [-0.1, -0.05) is 6.07 Å². The second-order valence-electron chi connectivity index (χ2n) is 4.99. The van der Waals surface area contributed by atoms with Crippen LogP contribution in [0.5, 0.6) is 0 Å². The van der Waals surface area contributed by atoms with E-state index in [0.29, 0.717) is 0 Å². The lowest BCUT2D eigenvalue weighted by Crippen LogP contribution is -2.32. The fraction of sp³-hybridized carbons (Fsp3) is 0.462. The Morgan fingerprint density at radius 1 is 1.41 bits per heavy atom. The van der Waals surface area contributed by atoms with Gasteiger partial charge < -0.3 is 5.73 Å². The molecule has 0 aromatic carbocycles. The van der Waals surface area contributed by atoms with Gasteiger partial charge in [-0.15, -0.1) is 22.7 Å². The average molecular weight is 266 g/mol. The highest BCUT2D eigenvalue weighted by Gasteiger charge is 2.14. The molecule has 4 heteroatoms. The molecule has 2 heterocycles. The lowest BCUT2D eigenvalue weighted by molar-refractivity contribution is 0.478. The average Bonchev–Trinajstić information content (AvgIpc) is 2.82. The van der Waals surface area contributed by atoms with E-state index in [0.717, 1.165) is 23.5 Å². The summed E-state index contributed by atoms with van der Waals surface area (Å²) in [4.78, 5) is 7.27. The van der Waals surface area contributed by atoms with Crippen LogP contribution in [0.4, 0.5) is 0 Å². The Morgan fingerprint density at radius 2 is 2.18 bits per heavy atom. The Morgan fingerprint density at radius 3 is 2.76 bits per heavy atom. The van der Waals surface area contributed by atoms with Crippen molar-refractivity contribution < 1.29 is 0 Å². The molecule has 0 amide bonds. The molecule has 0 saturated heterocycles. The van der Waals surface area contributed by atoms with Crippen molar-refractivity contribution in [2.45, 2.75) is 39.2 Å². The summed E-state index contributed by atoms with van der Waals surface area (Å²) < 4.78 is 0. The van der Waals surface area contributed by atoms with E-state index in [4.69, 9.17) is 5.73 Å². The maximum Gasteiger partial charge on any atom is 0.133 e. The zero-order valence-electron chi connectivity index (χ0n) is 10.5. The first-order valence-electron chi connectivity index (χ1n) is 5.75. The quantitative estimate of drug-likeness (QED) is 0.913.